The summed E-state index contributed by atoms with van der Waals surface area (Å²) >= 11 is 0. The van der Waals surface area contributed by atoms with Gasteiger partial charge >= 0.3 is 0 Å². The molecule has 2 aromatic carbocycles. The predicted octanol–water partition coefficient (Wildman–Crippen LogP) is 1.68. The molecule has 2 rings (SSSR count). The van der Waals surface area contributed by atoms with Gasteiger partial charge in [0.1, 0.15) is 5.75 Å². The first-order chi connectivity index (χ1) is 12.7. The molecule has 0 spiro atoms. The molecule has 0 unspecified atom stereocenters. The van der Waals surface area contributed by atoms with Crippen molar-refractivity contribution in [1.82, 2.24) is 10.6 Å². The van der Waals surface area contributed by atoms with Crippen LogP contribution in [0.5, 0.6) is 5.75 Å². The molecule has 0 atom stereocenters. The minimum absolute atomic E-state index is 0.0258. The van der Waals surface area contributed by atoms with Gasteiger partial charge in [-0.25, -0.2) is 0 Å². The molecule has 0 aromatic heterocycles. The molecule has 0 radical (unpaired) electrons. The summed E-state index contributed by atoms with van der Waals surface area (Å²) in [6, 6.07) is 15.3. The Labute approximate surface area is 154 Å². The summed E-state index contributed by atoms with van der Waals surface area (Å²) in [7, 11) is 0. The van der Waals surface area contributed by atoms with E-state index in [2.05, 4.69) is 16.0 Å². The van der Waals surface area contributed by atoms with Crippen molar-refractivity contribution in [2.24, 2.45) is 0 Å². The molecule has 26 heavy (non-hydrogen) atoms. The number of hydrogen-bond donors (Lipinski definition) is 4. The fourth-order valence-electron chi connectivity index (χ4n) is 2.30. The first-order valence-corrected chi connectivity index (χ1v) is 8.78. The van der Waals surface area contributed by atoms with Gasteiger partial charge in [-0.1, -0.05) is 29.8 Å². The first-order valence-electron chi connectivity index (χ1n) is 8.78. The van der Waals surface area contributed by atoms with Crippen LogP contribution in [0.3, 0.4) is 0 Å². The van der Waals surface area contributed by atoms with Crippen LogP contribution in [0.25, 0.3) is 0 Å². The number of hydrogen-bond acceptors (Lipinski definition) is 5. The van der Waals surface area contributed by atoms with Gasteiger partial charge in [-0.2, -0.15) is 0 Å². The van der Waals surface area contributed by atoms with Gasteiger partial charge in [0.05, 0.1) is 6.61 Å². The van der Waals surface area contributed by atoms with E-state index in [4.69, 9.17) is 9.84 Å². The van der Waals surface area contributed by atoms with Crippen LogP contribution in [-0.2, 0) is 11.3 Å². The number of rotatable bonds is 11. The smallest absolute Gasteiger partial charge is 0.262 e. The van der Waals surface area contributed by atoms with E-state index in [1.807, 2.05) is 55.5 Å². The summed E-state index contributed by atoms with van der Waals surface area (Å²) < 4.78 is 5.52. The molecular formula is C20H27N3O3. The molecule has 140 valence electrons. The lowest BCUT2D eigenvalue weighted by atomic mass is 10.2. The summed E-state index contributed by atoms with van der Waals surface area (Å²) in [5.41, 5.74) is 3.05. The molecule has 0 aliphatic rings. The van der Waals surface area contributed by atoms with Crippen molar-refractivity contribution in [2.75, 3.05) is 38.2 Å². The second kappa shape index (κ2) is 11.3. The second-order valence-corrected chi connectivity index (χ2v) is 6.00. The zero-order valence-corrected chi connectivity index (χ0v) is 15.1. The molecule has 0 heterocycles. The topological polar surface area (TPSA) is 82.6 Å². The van der Waals surface area contributed by atoms with Gasteiger partial charge in [0.2, 0.25) is 0 Å². The van der Waals surface area contributed by atoms with Gasteiger partial charge < -0.3 is 25.8 Å². The Hall–Kier alpha value is -2.41. The van der Waals surface area contributed by atoms with Crippen molar-refractivity contribution in [3.63, 3.8) is 0 Å². The maximum atomic E-state index is 11.9. The molecule has 2 aromatic rings. The molecule has 0 saturated heterocycles. The number of aliphatic hydroxyl groups excluding tert-OH is 1. The van der Waals surface area contributed by atoms with Crippen molar-refractivity contribution in [3.8, 4) is 5.75 Å². The first kappa shape index (κ1) is 19.9. The summed E-state index contributed by atoms with van der Waals surface area (Å²) in [5.74, 6) is 0.479. The Kier molecular flexibility index (Phi) is 8.62. The average Bonchev–Trinajstić information content (AvgIpc) is 2.66. The Morgan fingerprint density at radius 3 is 2.35 bits per heavy atom. The molecule has 0 aliphatic heterocycles. The Bertz CT molecular complexity index is 657. The van der Waals surface area contributed by atoms with E-state index in [-0.39, 0.29) is 19.1 Å². The third kappa shape index (κ3) is 7.65. The van der Waals surface area contributed by atoms with E-state index < -0.39 is 0 Å². The van der Waals surface area contributed by atoms with Gasteiger partial charge in [-0.15, -0.1) is 0 Å². The second-order valence-electron chi connectivity index (χ2n) is 6.00. The van der Waals surface area contributed by atoms with Gasteiger partial charge in [0.15, 0.2) is 6.61 Å². The minimum atomic E-state index is -0.185. The van der Waals surface area contributed by atoms with Gasteiger partial charge in [0, 0.05) is 31.9 Å². The van der Waals surface area contributed by atoms with Crippen LogP contribution in [-0.4, -0.2) is 43.9 Å². The minimum Gasteiger partial charge on any atom is -0.484 e. The molecular weight excluding hydrogens is 330 g/mol. The van der Waals surface area contributed by atoms with E-state index >= 15 is 0 Å². The molecule has 0 fully saturated rings. The standard InChI is InChI=1S/C20H27N3O3/c1-16-2-6-18(7-3-16)23-20(25)15-26-19-8-4-17(5-9-19)14-22-11-10-21-12-13-24/h2-9,21-22,24H,10-15H2,1H3,(H,23,25). The van der Waals surface area contributed by atoms with Crippen molar-refractivity contribution < 1.29 is 14.6 Å². The molecule has 6 heteroatoms. The molecule has 0 bridgehead atoms. The summed E-state index contributed by atoms with van der Waals surface area (Å²) in [6.45, 7) is 5.16. The highest BCUT2D eigenvalue weighted by Crippen LogP contribution is 2.13. The van der Waals surface area contributed by atoms with Gasteiger partial charge in [0.25, 0.3) is 5.91 Å². The number of carbonyl (C=O) groups is 1. The fourth-order valence-corrected chi connectivity index (χ4v) is 2.30. The zero-order valence-electron chi connectivity index (χ0n) is 15.1. The van der Waals surface area contributed by atoms with Crippen LogP contribution in [0.15, 0.2) is 48.5 Å². The summed E-state index contributed by atoms with van der Waals surface area (Å²) in [4.78, 5) is 11.9. The summed E-state index contributed by atoms with van der Waals surface area (Å²) in [6.07, 6.45) is 0. The Balaban J connectivity index is 1.66. The van der Waals surface area contributed by atoms with E-state index in [9.17, 15) is 4.79 Å². The SMILES string of the molecule is Cc1ccc(NC(=O)COc2ccc(CNCCNCCO)cc2)cc1. The normalized spacial score (nSPS) is 10.5. The van der Waals surface area contributed by atoms with Crippen LogP contribution in [0, 0.1) is 6.92 Å². The average molecular weight is 357 g/mol. The lowest BCUT2D eigenvalue weighted by Crippen LogP contribution is -2.28. The lowest BCUT2D eigenvalue weighted by Gasteiger charge is -2.09. The van der Waals surface area contributed by atoms with Crippen molar-refractivity contribution >= 4 is 11.6 Å². The van der Waals surface area contributed by atoms with Crippen molar-refractivity contribution in [2.45, 2.75) is 13.5 Å². The lowest BCUT2D eigenvalue weighted by molar-refractivity contribution is -0.118. The van der Waals surface area contributed by atoms with Crippen molar-refractivity contribution in [1.29, 1.82) is 0 Å². The van der Waals surface area contributed by atoms with Gasteiger partial charge in [-0.3, -0.25) is 4.79 Å². The van der Waals surface area contributed by atoms with Crippen LogP contribution in [0.1, 0.15) is 11.1 Å². The monoisotopic (exact) mass is 357 g/mol. The third-order valence-corrected chi connectivity index (χ3v) is 3.72. The number of anilines is 1. The highest BCUT2D eigenvalue weighted by Gasteiger charge is 2.04. The predicted molar refractivity (Wildman–Crippen MR) is 103 cm³/mol. The fraction of sp³-hybridized carbons (Fsp3) is 0.350. The quantitative estimate of drug-likeness (QED) is 0.460. The number of aryl methyl sites for hydroxylation is 1. The largest absolute Gasteiger partial charge is 0.484 e. The maximum absolute atomic E-state index is 11.9. The maximum Gasteiger partial charge on any atom is 0.262 e. The van der Waals surface area contributed by atoms with E-state index in [1.54, 1.807) is 0 Å². The van der Waals surface area contributed by atoms with Gasteiger partial charge in [-0.05, 0) is 36.8 Å². The Morgan fingerprint density at radius 1 is 0.962 bits per heavy atom. The molecule has 0 saturated carbocycles. The van der Waals surface area contributed by atoms with Crippen LogP contribution < -0.4 is 20.7 Å². The van der Waals surface area contributed by atoms with Crippen LogP contribution >= 0.6 is 0 Å². The van der Waals surface area contributed by atoms with E-state index in [0.29, 0.717) is 12.3 Å². The molecule has 4 N–H and O–H groups in total. The number of ether oxygens (including phenoxy) is 1. The van der Waals surface area contributed by atoms with Crippen molar-refractivity contribution in [3.05, 3.63) is 59.7 Å². The zero-order chi connectivity index (χ0) is 18.6. The molecule has 1 amide bonds. The molecule has 6 nitrogen and oxygen atoms in total. The molecule has 0 aliphatic carbocycles. The number of benzene rings is 2. The third-order valence-electron chi connectivity index (χ3n) is 3.72. The number of aliphatic hydroxyl groups is 1. The van der Waals surface area contributed by atoms with Crippen LogP contribution in [0.2, 0.25) is 0 Å². The Morgan fingerprint density at radius 2 is 1.65 bits per heavy atom. The highest BCUT2D eigenvalue weighted by molar-refractivity contribution is 5.91. The highest BCUT2D eigenvalue weighted by atomic mass is 16.5. The number of carbonyl (C=O) groups excluding carboxylic acids is 1. The summed E-state index contributed by atoms with van der Waals surface area (Å²) in [5, 5.41) is 17.9. The number of nitrogens with one attached hydrogen (secondary N) is 3. The van der Waals surface area contributed by atoms with E-state index in [0.717, 1.165) is 36.4 Å². The number of amides is 1. The van der Waals surface area contributed by atoms with Crippen LogP contribution in [0.4, 0.5) is 5.69 Å². The van der Waals surface area contributed by atoms with E-state index in [1.165, 1.54) is 0 Å².